The molecule has 0 aliphatic carbocycles. The van der Waals surface area contributed by atoms with Gasteiger partial charge in [0.1, 0.15) is 0 Å². The fourth-order valence-electron chi connectivity index (χ4n) is 1.37. The Morgan fingerprint density at radius 2 is 1.50 bits per heavy atom. The van der Waals surface area contributed by atoms with Crippen LogP contribution < -0.4 is 0 Å². The van der Waals surface area contributed by atoms with E-state index in [1.165, 1.54) is 19.3 Å². The second kappa shape index (κ2) is 13.7. The molecule has 0 aromatic carbocycles. The zero-order chi connectivity index (χ0) is 10.2. The van der Waals surface area contributed by atoms with E-state index in [0.29, 0.717) is 5.41 Å². The Hall–Kier alpha value is 0.688. The maximum atomic E-state index is 4.28. The molecule has 0 radical (unpaired) electrons. The fourth-order valence-corrected chi connectivity index (χ4v) is 1.37. The third-order valence-electron chi connectivity index (χ3n) is 2.68. The van der Waals surface area contributed by atoms with Gasteiger partial charge in [-0.1, -0.05) is 66.7 Å². The molecule has 0 bridgehead atoms. The van der Waals surface area contributed by atoms with E-state index in [1.54, 1.807) is 0 Å². The van der Waals surface area contributed by atoms with E-state index in [9.17, 15) is 0 Å². The first-order chi connectivity index (χ1) is 5.56. The van der Waals surface area contributed by atoms with Gasteiger partial charge in [0.15, 0.2) is 0 Å². The second-order valence-corrected chi connectivity index (χ2v) is 3.62. The Labute approximate surface area is 108 Å². The molecule has 0 fully saturated rings. The van der Waals surface area contributed by atoms with Gasteiger partial charge >= 0.3 is 21.1 Å². The van der Waals surface area contributed by atoms with Crippen molar-refractivity contribution < 1.29 is 21.1 Å². The van der Waals surface area contributed by atoms with Crippen molar-refractivity contribution in [3.05, 3.63) is 14.4 Å². The summed E-state index contributed by atoms with van der Waals surface area (Å²) in [5.41, 5.74) is 0.342. The van der Waals surface area contributed by atoms with Crippen molar-refractivity contribution in [2.24, 2.45) is 11.3 Å². The third kappa shape index (κ3) is 9.25. The summed E-state index contributed by atoms with van der Waals surface area (Å²) >= 11 is 0. The van der Waals surface area contributed by atoms with E-state index in [-0.39, 0.29) is 28.5 Å². The second-order valence-electron chi connectivity index (χ2n) is 3.62. The summed E-state index contributed by atoms with van der Waals surface area (Å²) in [5, 5.41) is 0. The van der Waals surface area contributed by atoms with Gasteiger partial charge in [0.2, 0.25) is 0 Å². The van der Waals surface area contributed by atoms with Crippen LogP contribution in [0.3, 0.4) is 0 Å². The molecule has 1 heteroatoms. The van der Waals surface area contributed by atoms with Crippen LogP contribution in [0.5, 0.6) is 0 Å². The average molecular weight is 370 g/mol. The Bertz CT molecular complexity index is 89.2. The third-order valence-corrected chi connectivity index (χ3v) is 2.68. The first-order valence-electron chi connectivity index (χ1n) is 5.42. The predicted molar refractivity (Wildman–Crippen MR) is 65.6 cm³/mol. The minimum atomic E-state index is 0. The quantitative estimate of drug-likeness (QED) is 0.601. The van der Waals surface area contributed by atoms with Gasteiger partial charge in [-0.3, -0.25) is 0 Å². The van der Waals surface area contributed by atoms with Gasteiger partial charge in [0, 0.05) is 0 Å². The number of hydrogen-bond acceptors (Lipinski definition) is 0. The van der Waals surface area contributed by atoms with Crippen LogP contribution in [-0.4, -0.2) is 0 Å². The van der Waals surface area contributed by atoms with E-state index in [1.807, 2.05) is 13.8 Å². The van der Waals surface area contributed by atoms with E-state index in [0.717, 1.165) is 5.92 Å². The van der Waals surface area contributed by atoms with Gasteiger partial charge in [0.05, 0.1) is 0 Å². The molecule has 88 valence electrons. The minimum absolute atomic E-state index is 0. The smallest absolute Gasteiger partial charge is 0.358 e. The summed E-state index contributed by atoms with van der Waals surface area (Å²) in [4.78, 5) is 0. The first-order valence-corrected chi connectivity index (χ1v) is 5.42. The van der Waals surface area contributed by atoms with Gasteiger partial charge in [-0.05, 0) is 0 Å². The normalized spacial score (nSPS) is 12.9. The van der Waals surface area contributed by atoms with E-state index in [4.69, 9.17) is 0 Å². The number of rotatable bonds is 4. The van der Waals surface area contributed by atoms with Crippen LogP contribution in [0.2, 0.25) is 0 Å². The summed E-state index contributed by atoms with van der Waals surface area (Å²) in [7, 11) is 0. The Kier molecular flexibility index (Phi) is 23.6. The van der Waals surface area contributed by atoms with Crippen molar-refractivity contribution in [2.75, 3.05) is 0 Å². The molecule has 0 aliphatic rings. The molecular formula is C13H30W. The molecule has 0 amide bonds. The molecule has 0 aromatic rings. The molecule has 0 saturated heterocycles. The minimum Gasteiger partial charge on any atom is -0.358 e. The Morgan fingerprint density at radius 1 is 1.14 bits per heavy atom. The Balaban J connectivity index is -0.000000117. The van der Waals surface area contributed by atoms with Gasteiger partial charge in [-0.25, -0.2) is 0 Å². The molecule has 0 N–H and O–H groups in total. The Morgan fingerprint density at radius 3 is 1.57 bits per heavy atom. The summed E-state index contributed by atoms with van der Waals surface area (Å²) in [6.45, 7) is 17.3. The van der Waals surface area contributed by atoms with Gasteiger partial charge in [0.25, 0.3) is 0 Å². The summed E-state index contributed by atoms with van der Waals surface area (Å²) in [5.74, 6) is 0.720. The van der Waals surface area contributed by atoms with Crippen LogP contribution >= 0.6 is 0 Å². The number of hydrogen-bond donors (Lipinski definition) is 0. The maximum Gasteiger partial charge on any atom is 2.00 e. The predicted octanol–water partition coefficient (Wildman–Crippen LogP) is 5.15. The molecule has 0 heterocycles. The molecule has 0 spiro atoms. The summed E-state index contributed by atoms with van der Waals surface area (Å²) in [6.07, 6.45) is 3.73. The summed E-state index contributed by atoms with van der Waals surface area (Å²) in [6, 6.07) is 0. The first kappa shape index (κ1) is 24.1. The standard InChI is InChI=1S/C10H21.C2H6.CH3.W/c1-6-8-10(5,7-2)9(3)4;1-2;;/h9H,5-8H2,1-4H3;1-2H3;1H3;/q-1;;-1;+2. The van der Waals surface area contributed by atoms with Crippen LogP contribution in [0.25, 0.3) is 0 Å². The molecule has 0 nitrogen and oxygen atoms in total. The average Bonchev–Trinajstić information content (AvgIpc) is 2.08. The van der Waals surface area contributed by atoms with Crippen molar-refractivity contribution in [3.8, 4) is 0 Å². The van der Waals surface area contributed by atoms with Gasteiger partial charge in [-0.15, -0.1) is 0 Å². The summed E-state index contributed by atoms with van der Waals surface area (Å²) < 4.78 is 0. The largest absolute Gasteiger partial charge is 2.00 e. The van der Waals surface area contributed by atoms with E-state index < -0.39 is 0 Å². The monoisotopic (exact) mass is 370 g/mol. The van der Waals surface area contributed by atoms with Crippen molar-refractivity contribution in [3.63, 3.8) is 0 Å². The zero-order valence-corrected chi connectivity index (χ0v) is 14.2. The van der Waals surface area contributed by atoms with Crippen molar-refractivity contribution in [1.82, 2.24) is 0 Å². The van der Waals surface area contributed by atoms with Crippen molar-refractivity contribution in [2.45, 2.75) is 60.8 Å². The van der Waals surface area contributed by atoms with Crippen LogP contribution in [-0.2, 0) is 21.1 Å². The van der Waals surface area contributed by atoms with Crippen molar-refractivity contribution >= 4 is 0 Å². The van der Waals surface area contributed by atoms with Crippen molar-refractivity contribution in [1.29, 1.82) is 0 Å². The van der Waals surface area contributed by atoms with Crippen LogP contribution in [0, 0.1) is 25.7 Å². The van der Waals surface area contributed by atoms with E-state index in [2.05, 4.69) is 34.6 Å². The molecule has 14 heavy (non-hydrogen) atoms. The molecule has 0 aromatic heterocycles. The molecule has 0 saturated carbocycles. The van der Waals surface area contributed by atoms with E-state index >= 15 is 0 Å². The van der Waals surface area contributed by atoms with Crippen LogP contribution in [0.1, 0.15) is 60.8 Å². The van der Waals surface area contributed by atoms with Gasteiger partial charge in [-0.2, -0.15) is 5.41 Å². The zero-order valence-electron chi connectivity index (χ0n) is 11.3. The SMILES string of the molecule is CC.[CH2-]C(CC)(CCC)C(C)C.[CH3-].[W+2]. The van der Waals surface area contributed by atoms with Gasteiger partial charge < -0.3 is 14.4 Å². The topological polar surface area (TPSA) is 0 Å². The van der Waals surface area contributed by atoms with Crippen LogP contribution in [0.4, 0.5) is 0 Å². The molecule has 0 rings (SSSR count). The molecule has 1 unspecified atom stereocenters. The maximum absolute atomic E-state index is 4.28. The molecular weight excluding hydrogens is 340 g/mol. The fraction of sp³-hybridized carbons (Fsp3) is 0.846. The van der Waals surface area contributed by atoms with Crippen LogP contribution in [0.15, 0.2) is 0 Å². The molecule has 0 aliphatic heterocycles. The molecule has 1 atom stereocenters.